The van der Waals surface area contributed by atoms with Crippen LogP contribution in [0.2, 0.25) is 0 Å². The highest BCUT2D eigenvalue weighted by Crippen LogP contribution is 2.18. The molecule has 1 aromatic carbocycles. The highest BCUT2D eigenvalue weighted by Gasteiger charge is 2.21. The molecular weight excluding hydrogens is 438 g/mol. The molecule has 2 aromatic heterocycles. The molecule has 33 heavy (non-hydrogen) atoms. The van der Waals surface area contributed by atoms with Crippen LogP contribution in [0.1, 0.15) is 23.4 Å². The Morgan fingerprint density at radius 3 is 2.48 bits per heavy atom. The van der Waals surface area contributed by atoms with Crippen molar-refractivity contribution in [1.29, 1.82) is 0 Å². The first-order chi connectivity index (χ1) is 16.0. The van der Waals surface area contributed by atoms with E-state index in [1.165, 1.54) is 17.4 Å². The van der Waals surface area contributed by atoms with Crippen molar-refractivity contribution in [2.24, 2.45) is 0 Å². The molecule has 0 spiro atoms. The minimum absolute atomic E-state index is 0.0747. The molecule has 1 aliphatic heterocycles. The lowest BCUT2D eigenvalue weighted by Gasteiger charge is -2.36. The molecule has 1 fully saturated rings. The van der Waals surface area contributed by atoms with Gasteiger partial charge in [0.15, 0.2) is 0 Å². The van der Waals surface area contributed by atoms with E-state index in [1.807, 2.05) is 43.2 Å². The maximum atomic E-state index is 12.6. The van der Waals surface area contributed by atoms with Crippen molar-refractivity contribution in [2.75, 3.05) is 43.9 Å². The summed E-state index contributed by atoms with van der Waals surface area (Å²) >= 11 is 1.45. The lowest BCUT2D eigenvalue weighted by atomic mass is 10.1. The standard InChI is InChI=1S/C23H29N7O2S/c1-16-19(17(2)30-22(25-16)26-23(27-30)33-3)15-20(31)24-10-9-21(32)29-13-11-28(12-14-29)18-7-5-4-6-8-18/h4-8H,9-15H2,1-3H3,(H,24,31). The van der Waals surface area contributed by atoms with Crippen molar-refractivity contribution in [2.45, 2.75) is 31.8 Å². The fraction of sp³-hybridized carbons (Fsp3) is 0.435. The van der Waals surface area contributed by atoms with E-state index in [0.717, 1.165) is 30.0 Å². The van der Waals surface area contributed by atoms with Gasteiger partial charge in [0.1, 0.15) is 0 Å². The molecule has 2 amide bonds. The maximum Gasteiger partial charge on any atom is 0.253 e. The fourth-order valence-corrected chi connectivity index (χ4v) is 4.41. The molecule has 9 nitrogen and oxygen atoms in total. The maximum absolute atomic E-state index is 12.6. The van der Waals surface area contributed by atoms with E-state index in [-0.39, 0.29) is 18.2 Å². The van der Waals surface area contributed by atoms with Gasteiger partial charge in [-0.15, -0.1) is 5.10 Å². The first-order valence-corrected chi connectivity index (χ1v) is 12.3. The fourth-order valence-electron chi connectivity index (χ4n) is 4.08. The van der Waals surface area contributed by atoms with E-state index < -0.39 is 0 Å². The average Bonchev–Trinajstić information content (AvgIpc) is 3.25. The average molecular weight is 468 g/mol. The first kappa shape index (κ1) is 23.0. The topological polar surface area (TPSA) is 95.7 Å². The number of amides is 2. The van der Waals surface area contributed by atoms with Crippen LogP contribution in [0.15, 0.2) is 35.5 Å². The van der Waals surface area contributed by atoms with Gasteiger partial charge in [0.25, 0.3) is 5.78 Å². The molecule has 0 unspecified atom stereocenters. The number of benzene rings is 1. The number of para-hydroxylation sites is 1. The monoisotopic (exact) mass is 467 g/mol. The van der Waals surface area contributed by atoms with Crippen LogP contribution < -0.4 is 10.2 Å². The number of rotatable bonds is 7. The molecule has 1 saturated heterocycles. The number of piperazine rings is 1. The molecule has 0 radical (unpaired) electrons. The number of nitrogens with zero attached hydrogens (tertiary/aromatic N) is 6. The van der Waals surface area contributed by atoms with E-state index in [0.29, 0.717) is 37.0 Å². The van der Waals surface area contributed by atoms with Crippen LogP contribution in [-0.2, 0) is 16.0 Å². The predicted molar refractivity (Wildman–Crippen MR) is 129 cm³/mol. The van der Waals surface area contributed by atoms with Gasteiger partial charge in [0.2, 0.25) is 17.0 Å². The Balaban J connectivity index is 1.26. The number of carbonyl (C=O) groups excluding carboxylic acids is 2. The number of anilines is 1. The summed E-state index contributed by atoms with van der Waals surface area (Å²) in [5, 5.41) is 7.95. The van der Waals surface area contributed by atoms with Crippen LogP contribution in [0, 0.1) is 13.8 Å². The molecule has 1 N–H and O–H groups in total. The van der Waals surface area contributed by atoms with Crippen molar-refractivity contribution in [3.05, 3.63) is 47.3 Å². The smallest absolute Gasteiger partial charge is 0.253 e. The zero-order chi connectivity index (χ0) is 23.4. The number of hydrogen-bond acceptors (Lipinski definition) is 7. The Morgan fingerprint density at radius 1 is 1.06 bits per heavy atom. The Labute approximate surface area is 197 Å². The predicted octanol–water partition coefficient (Wildman–Crippen LogP) is 1.86. The van der Waals surface area contributed by atoms with Gasteiger partial charge in [-0.1, -0.05) is 30.0 Å². The Morgan fingerprint density at radius 2 is 1.79 bits per heavy atom. The second-order valence-electron chi connectivity index (χ2n) is 8.05. The van der Waals surface area contributed by atoms with Crippen molar-refractivity contribution < 1.29 is 9.59 Å². The molecule has 174 valence electrons. The van der Waals surface area contributed by atoms with Crippen LogP contribution in [-0.4, -0.2) is 75.3 Å². The van der Waals surface area contributed by atoms with Gasteiger partial charge >= 0.3 is 0 Å². The summed E-state index contributed by atoms with van der Waals surface area (Å²) in [5.41, 5.74) is 3.64. The summed E-state index contributed by atoms with van der Waals surface area (Å²) in [5.74, 6) is 0.483. The van der Waals surface area contributed by atoms with Gasteiger partial charge in [0, 0.05) is 61.8 Å². The van der Waals surface area contributed by atoms with Crippen molar-refractivity contribution in [3.63, 3.8) is 0 Å². The van der Waals surface area contributed by atoms with Crippen LogP contribution in [0.25, 0.3) is 5.78 Å². The van der Waals surface area contributed by atoms with Crippen LogP contribution >= 0.6 is 11.8 Å². The second kappa shape index (κ2) is 10.2. The summed E-state index contributed by atoms with van der Waals surface area (Å²) in [4.78, 5) is 38.2. The Bertz CT molecular complexity index is 1140. The summed E-state index contributed by atoms with van der Waals surface area (Å²) in [6.07, 6.45) is 2.40. The van der Waals surface area contributed by atoms with Crippen LogP contribution in [0.5, 0.6) is 0 Å². The van der Waals surface area contributed by atoms with E-state index in [1.54, 1.807) is 4.52 Å². The minimum atomic E-state index is -0.130. The number of nitrogens with one attached hydrogen (secondary N) is 1. The van der Waals surface area contributed by atoms with E-state index in [9.17, 15) is 9.59 Å². The number of thioether (sulfide) groups is 1. The molecule has 4 rings (SSSR count). The molecule has 1 aliphatic rings. The molecule has 0 saturated carbocycles. The third-order valence-corrected chi connectivity index (χ3v) is 6.50. The van der Waals surface area contributed by atoms with Gasteiger partial charge in [-0.25, -0.2) is 9.50 Å². The van der Waals surface area contributed by atoms with E-state index >= 15 is 0 Å². The molecular formula is C23H29N7O2S. The normalized spacial score (nSPS) is 14.0. The van der Waals surface area contributed by atoms with Gasteiger partial charge in [-0.05, 0) is 32.2 Å². The summed E-state index contributed by atoms with van der Waals surface area (Å²) in [6, 6.07) is 10.2. The quantitative estimate of drug-likeness (QED) is 0.530. The third kappa shape index (κ3) is 5.27. The number of aromatic nitrogens is 4. The highest BCUT2D eigenvalue weighted by atomic mass is 32.2. The minimum Gasteiger partial charge on any atom is -0.368 e. The summed E-state index contributed by atoms with van der Waals surface area (Å²) in [7, 11) is 0. The number of aryl methyl sites for hydroxylation is 2. The second-order valence-corrected chi connectivity index (χ2v) is 8.82. The van der Waals surface area contributed by atoms with Crippen LogP contribution in [0.4, 0.5) is 5.69 Å². The molecule has 3 aromatic rings. The van der Waals surface area contributed by atoms with Gasteiger partial charge in [0.05, 0.1) is 6.42 Å². The highest BCUT2D eigenvalue weighted by molar-refractivity contribution is 7.98. The SMILES string of the molecule is CSc1nc2nc(C)c(CC(=O)NCCC(=O)N3CCN(c4ccccc4)CC3)c(C)n2n1. The van der Waals surface area contributed by atoms with Crippen molar-refractivity contribution in [1.82, 2.24) is 29.8 Å². The molecule has 10 heteroatoms. The van der Waals surface area contributed by atoms with Gasteiger partial charge in [-0.3, -0.25) is 9.59 Å². The lowest BCUT2D eigenvalue weighted by molar-refractivity contribution is -0.131. The zero-order valence-electron chi connectivity index (χ0n) is 19.2. The lowest BCUT2D eigenvalue weighted by Crippen LogP contribution is -2.49. The first-order valence-electron chi connectivity index (χ1n) is 11.1. The third-order valence-electron chi connectivity index (χ3n) is 5.96. The van der Waals surface area contributed by atoms with Gasteiger partial charge < -0.3 is 15.1 Å². The zero-order valence-corrected chi connectivity index (χ0v) is 20.1. The summed E-state index contributed by atoms with van der Waals surface area (Å²) < 4.78 is 1.68. The Kier molecular flexibility index (Phi) is 7.12. The number of hydrogen-bond donors (Lipinski definition) is 1. The largest absolute Gasteiger partial charge is 0.368 e. The van der Waals surface area contributed by atoms with Gasteiger partial charge in [-0.2, -0.15) is 4.98 Å². The number of fused-ring (bicyclic) bond motifs is 1. The van der Waals surface area contributed by atoms with Crippen molar-refractivity contribution >= 4 is 35.0 Å². The van der Waals surface area contributed by atoms with E-state index in [2.05, 4.69) is 37.4 Å². The van der Waals surface area contributed by atoms with Crippen LogP contribution in [0.3, 0.4) is 0 Å². The van der Waals surface area contributed by atoms with Crippen molar-refractivity contribution in [3.8, 4) is 0 Å². The van der Waals surface area contributed by atoms with E-state index in [4.69, 9.17) is 0 Å². The molecule has 0 bridgehead atoms. The molecule has 3 heterocycles. The molecule has 0 atom stereocenters. The Hall–Kier alpha value is -3.14. The summed E-state index contributed by atoms with van der Waals surface area (Å²) in [6.45, 7) is 7.14. The number of carbonyl (C=O) groups is 2. The molecule has 0 aliphatic carbocycles.